The highest BCUT2D eigenvalue weighted by atomic mass is 15.1. The first-order valence-electron chi connectivity index (χ1n) is 5.46. The maximum absolute atomic E-state index is 5.58. The van der Waals surface area contributed by atoms with Crippen molar-refractivity contribution in [2.45, 2.75) is 39.2 Å². The second-order valence-electron chi connectivity index (χ2n) is 4.53. The summed E-state index contributed by atoms with van der Waals surface area (Å²) in [5.74, 6) is 1.29. The summed E-state index contributed by atoms with van der Waals surface area (Å²) in [7, 11) is 0. The molecule has 3 nitrogen and oxygen atoms in total. The van der Waals surface area contributed by atoms with Crippen molar-refractivity contribution in [1.29, 1.82) is 0 Å². The minimum Gasteiger partial charge on any atom is -0.334 e. The predicted octanol–water partition coefficient (Wildman–Crippen LogP) is 1.53. The van der Waals surface area contributed by atoms with Gasteiger partial charge in [-0.2, -0.15) is 0 Å². The molecule has 14 heavy (non-hydrogen) atoms. The van der Waals surface area contributed by atoms with E-state index < -0.39 is 0 Å². The van der Waals surface area contributed by atoms with Crippen LogP contribution in [0.15, 0.2) is 6.33 Å². The molecule has 0 aromatic carbocycles. The van der Waals surface area contributed by atoms with E-state index in [2.05, 4.69) is 23.4 Å². The van der Waals surface area contributed by atoms with Crippen molar-refractivity contribution in [3.05, 3.63) is 17.7 Å². The minimum atomic E-state index is 0.544. The lowest BCUT2D eigenvalue weighted by Gasteiger charge is -2.06. The summed E-state index contributed by atoms with van der Waals surface area (Å²) in [5.41, 5.74) is 8.31. The van der Waals surface area contributed by atoms with Gasteiger partial charge in [-0.3, -0.25) is 0 Å². The topological polar surface area (TPSA) is 43.8 Å². The van der Waals surface area contributed by atoms with E-state index in [1.54, 1.807) is 0 Å². The Balaban J connectivity index is 2.15. The summed E-state index contributed by atoms with van der Waals surface area (Å²) in [5, 5.41) is 0. The van der Waals surface area contributed by atoms with Gasteiger partial charge in [0.05, 0.1) is 12.0 Å². The molecule has 2 N–H and O–H groups in total. The quantitative estimate of drug-likeness (QED) is 0.791. The Morgan fingerprint density at radius 3 is 3.07 bits per heavy atom. The third-order valence-electron chi connectivity index (χ3n) is 3.04. The zero-order valence-corrected chi connectivity index (χ0v) is 9.03. The summed E-state index contributed by atoms with van der Waals surface area (Å²) in [6, 6.07) is 0. The van der Waals surface area contributed by atoms with E-state index in [4.69, 9.17) is 5.73 Å². The van der Waals surface area contributed by atoms with Gasteiger partial charge in [0.1, 0.15) is 0 Å². The van der Waals surface area contributed by atoms with Crippen LogP contribution < -0.4 is 5.73 Å². The summed E-state index contributed by atoms with van der Waals surface area (Å²) < 4.78 is 2.30. The van der Waals surface area contributed by atoms with E-state index in [-0.39, 0.29) is 0 Å². The van der Waals surface area contributed by atoms with Crippen LogP contribution in [0.4, 0.5) is 0 Å². The van der Waals surface area contributed by atoms with Crippen molar-refractivity contribution in [3.63, 3.8) is 0 Å². The van der Waals surface area contributed by atoms with E-state index in [0.29, 0.717) is 5.92 Å². The van der Waals surface area contributed by atoms with E-state index in [1.165, 1.54) is 17.8 Å². The molecule has 0 bridgehead atoms. The van der Waals surface area contributed by atoms with E-state index in [0.717, 1.165) is 25.4 Å². The van der Waals surface area contributed by atoms with Crippen LogP contribution in [0.1, 0.15) is 37.6 Å². The maximum Gasteiger partial charge on any atom is 0.0951 e. The zero-order chi connectivity index (χ0) is 10.1. The van der Waals surface area contributed by atoms with Gasteiger partial charge >= 0.3 is 0 Å². The van der Waals surface area contributed by atoms with Crippen LogP contribution in [-0.2, 0) is 13.0 Å². The second-order valence-corrected chi connectivity index (χ2v) is 4.53. The lowest BCUT2D eigenvalue weighted by molar-refractivity contribution is 0.479. The highest BCUT2D eigenvalue weighted by Crippen LogP contribution is 2.28. The first kappa shape index (κ1) is 9.71. The van der Waals surface area contributed by atoms with Gasteiger partial charge in [-0.1, -0.05) is 13.8 Å². The van der Waals surface area contributed by atoms with E-state index in [1.807, 2.05) is 6.33 Å². The number of fused-ring (bicyclic) bond motifs is 1. The van der Waals surface area contributed by atoms with Gasteiger partial charge in [0.25, 0.3) is 0 Å². The first-order valence-corrected chi connectivity index (χ1v) is 5.46. The monoisotopic (exact) mass is 193 g/mol. The van der Waals surface area contributed by atoms with Gasteiger partial charge in [-0.05, 0) is 31.2 Å². The van der Waals surface area contributed by atoms with Crippen LogP contribution in [0.5, 0.6) is 0 Å². The van der Waals surface area contributed by atoms with E-state index >= 15 is 0 Å². The minimum absolute atomic E-state index is 0.544. The van der Waals surface area contributed by atoms with E-state index in [9.17, 15) is 0 Å². The predicted molar refractivity (Wildman–Crippen MR) is 57.2 cm³/mol. The third kappa shape index (κ3) is 1.57. The molecule has 78 valence electrons. The molecule has 1 aromatic rings. The molecule has 0 aliphatic carbocycles. The summed E-state index contributed by atoms with van der Waals surface area (Å²) in [4.78, 5) is 4.46. The van der Waals surface area contributed by atoms with Crippen LogP contribution >= 0.6 is 0 Å². The number of nitrogens with zero attached hydrogens (tertiary/aromatic N) is 2. The summed E-state index contributed by atoms with van der Waals surface area (Å²) in [6.45, 7) is 6.34. The molecule has 1 aromatic heterocycles. The Morgan fingerprint density at radius 1 is 1.64 bits per heavy atom. The first-order chi connectivity index (χ1) is 6.72. The van der Waals surface area contributed by atoms with Gasteiger partial charge < -0.3 is 10.3 Å². The van der Waals surface area contributed by atoms with Gasteiger partial charge in [0.2, 0.25) is 0 Å². The molecule has 2 heterocycles. The molecule has 1 unspecified atom stereocenters. The number of rotatable bonds is 3. The molecule has 1 aliphatic rings. The number of nitrogens with two attached hydrogens (primary N) is 1. The Morgan fingerprint density at radius 2 is 2.43 bits per heavy atom. The molecule has 3 heteroatoms. The largest absolute Gasteiger partial charge is 0.334 e. The number of aromatic nitrogens is 2. The zero-order valence-electron chi connectivity index (χ0n) is 9.03. The molecule has 0 fully saturated rings. The van der Waals surface area contributed by atoms with Crippen molar-refractivity contribution in [2.24, 2.45) is 11.7 Å². The molecule has 0 spiro atoms. The Bertz CT molecular complexity index is 314. The average molecular weight is 193 g/mol. The Hall–Kier alpha value is -0.830. The maximum atomic E-state index is 5.58. The number of hydrogen-bond acceptors (Lipinski definition) is 2. The van der Waals surface area contributed by atoms with Crippen LogP contribution in [0.25, 0.3) is 0 Å². The van der Waals surface area contributed by atoms with Crippen LogP contribution in [-0.4, -0.2) is 16.1 Å². The van der Waals surface area contributed by atoms with Crippen LogP contribution in [0.2, 0.25) is 0 Å². The smallest absolute Gasteiger partial charge is 0.0951 e. The third-order valence-corrected chi connectivity index (χ3v) is 3.04. The number of hydrogen-bond donors (Lipinski definition) is 1. The van der Waals surface area contributed by atoms with Crippen molar-refractivity contribution in [2.75, 3.05) is 6.54 Å². The second kappa shape index (κ2) is 3.73. The lowest BCUT2D eigenvalue weighted by atomic mass is 10.00. The van der Waals surface area contributed by atoms with Crippen molar-refractivity contribution >= 4 is 0 Å². The fraction of sp³-hybridized carbons (Fsp3) is 0.727. The molecular weight excluding hydrogens is 174 g/mol. The van der Waals surface area contributed by atoms with Gasteiger partial charge in [-0.25, -0.2) is 4.98 Å². The summed E-state index contributed by atoms with van der Waals surface area (Å²) in [6.07, 6.45) is 4.30. The van der Waals surface area contributed by atoms with Crippen LogP contribution in [0.3, 0.4) is 0 Å². The molecule has 0 radical (unpaired) electrons. The Kier molecular flexibility index (Phi) is 2.59. The normalized spacial score (nSPS) is 20.4. The fourth-order valence-corrected chi connectivity index (χ4v) is 2.33. The van der Waals surface area contributed by atoms with Gasteiger partial charge in [0, 0.05) is 12.2 Å². The average Bonchev–Trinajstić information content (AvgIpc) is 2.62. The van der Waals surface area contributed by atoms with Crippen molar-refractivity contribution in [3.8, 4) is 0 Å². The molecule has 0 saturated carbocycles. The summed E-state index contributed by atoms with van der Waals surface area (Å²) >= 11 is 0. The Labute approximate surface area is 85.3 Å². The highest BCUT2D eigenvalue weighted by molar-refractivity contribution is 5.20. The number of imidazole rings is 1. The highest BCUT2D eigenvalue weighted by Gasteiger charge is 2.24. The molecule has 0 amide bonds. The standard InChI is InChI=1S/C11H19N3/c1-8(2)11-10-5-9(3-4-12)6-14(10)7-13-11/h7-9H,3-6,12H2,1-2H3. The van der Waals surface area contributed by atoms with Crippen molar-refractivity contribution in [1.82, 2.24) is 9.55 Å². The fourth-order valence-electron chi connectivity index (χ4n) is 2.33. The van der Waals surface area contributed by atoms with Crippen LogP contribution in [0, 0.1) is 5.92 Å². The molecular formula is C11H19N3. The molecule has 0 saturated heterocycles. The van der Waals surface area contributed by atoms with Crippen molar-refractivity contribution < 1.29 is 0 Å². The molecule has 1 aliphatic heterocycles. The van der Waals surface area contributed by atoms with Gasteiger partial charge in [0.15, 0.2) is 0 Å². The SMILES string of the molecule is CC(C)c1ncn2c1CC(CCN)C2. The lowest BCUT2D eigenvalue weighted by Crippen LogP contribution is -2.10. The van der Waals surface area contributed by atoms with Gasteiger partial charge in [-0.15, -0.1) is 0 Å². The molecule has 1 atom stereocenters. The molecule has 2 rings (SSSR count).